The Morgan fingerprint density at radius 3 is 2.38 bits per heavy atom. The Bertz CT molecular complexity index is 844. The fourth-order valence-electron chi connectivity index (χ4n) is 2.28. The van der Waals surface area contributed by atoms with Crippen LogP contribution < -0.4 is 0 Å². The van der Waals surface area contributed by atoms with Gasteiger partial charge >= 0.3 is 0 Å². The molecule has 0 aliphatic carbocycles. The van der Waals surface area contributed by atoms with Crippen LogP contribution in [0.15, 0.2) is 42.5 Å². The largest absolute Gasteiger partial charge is 0.298 e. The Balaban J connectivity index is 2.47. The Kier molecular flexibility index (Phi) is 3.62. The monoisotopic (exact) mass is 319 g/mol. The van der Waals surface area contributed by atoms with Crippen molar-refractivity contribution in [3.05, 3.63) is 64.0 Å². The van der Waals surface area contributed by atoms with Crippen molar-refractivity contribution in [3.8, 4) is 11.3 Å². The van der Waals surface area contributed by atoms with Crippen molar-refractivity contribution in [2.45, 2.75) is 0 Å². The standard InChI is InChI=1S/C16H8Cl2FNO/c17-12-6-3-7-13(19)14(12)15-10-5-2-1-4-9(10)11(8-21)16(18)20-15/h1-8H. The van der Waals surface area contributed by atoms with Crippen LogP contribution in [0.5, 0.6) is 0 Å². The molecule has 2 nitrogen and oxygen atoms in total. The molecule has 3 rings (SSSR count). The molecule has 0 N–H and O–H groups in total. The first-order valence-electron chi connectivity index (χ1n) is 6.11. The number of carbonyl (C=O) groups excluding carboxylic acids is 1. The third kappa shape index (κ3) is 2.28. The van der Waals surface area contributed by atoms with Crippen LogP contribution in [0.3, 0.4) is 0 Å². The summed E-state index contributed by atoms with van der Waals surface area (Å²) in [6, 6.07) is 11.5. The Morgan fingerprint density at radius 2 is 1.71 bits per heavy atom. The first-order valence-corrected chi connectivity index (χ1v) is 6.87. The maximum Gasteiger partial charge on any atom is 0.153 e. The molecule has 0 radical (unpaired) electrons. The zero-order valence-electron chi connectivity index (χ0n) is 10.6. The molecule has 1 heterocycles. The predicted molar refractivity (Wildman–Crippen MR) is 82.5 cm³/mol. The van der Waals surface area contributed by atoms with Crippen molar-refractivity contribution >= 4 is 40.3 Å². The van der Waals surface area contributed by atoms with Gasteiger partial charge in [-0.2, -0.15) is 0 Å². The molecule has 21 heavy (non-hydrogen) atoms. The third-order valence-electron chi connectivity index (χ3n) is 3.22. The number of aldehydes is 1. The summed E-state index contributed by atoms with van der Waals surface area (Å²) in [5, 5.41) is 1.50. The molecule has 0 bridgehead atoms. The number of carbonyl (C=O) groups is 1. The van der Waals surface area contributed by atoms with Crippen LogP contribution in [0, 0.1) is 5.82 Å². The van der Waals surface area contributed by atoms with E-state index in [1.54, 1.807) is 30.3 Å². The van der Waals surface area contributed by atoms with Crippen LogP contribution in [-0.4, -0.2) is 11.3 Å². The summed E-state index contributed by atoms with van der Waals surface area (Å²) in [5.41, 5.74) is 0.780. The van der Waals surface area contributed by atoms with Gasteiger partial charge in [0.2, 0.25) is 0 Å². The van der Waals surface area contributed by atoms with Crippen molar-refractivity contribution in [3.63, 3.8) is 0 Å². The van der Waals surface area contributed by atoms with Gasteiger partial charge in [0.05, 0.1) is 21.8 Å². The van der Waals surface area contributed by atoms with E-state index < -0.39 is 5.82 Å². The van der Waals surface area contributed by atoms with E-state index in [1.807, 2.05) is 0 Å². The number of aromatic nitrogens is 1. The Labute approximate surface area is 130 Å². The number of pyridine rings is 1. The minimum atomic E-state index is -0.491. The molecular weight excluding hydrogens is 312 g/mol. The van der Waals surface area contributed by atoms with Gasteiger partial charge in [0.1, 0.15) is 11.0 Å². The van der Waals surface area contributed by atoms with Gasteiger partial charge in [-0.1, -0.05) is 53.5 Å². The van der Waals surface area contributed by atoms with E-state index in [9.17, 15) is 9.18 Å². The van der Waals surface area contributed by atoms with Gasteiger partial charge in [-0.15, -0.1) is 0 Å². The summed E-state index contributed by atoms with van der Waals surface area (Å²) in [7, 11) is 0. The number of nitrogens with zero attached hydrogens (tertiary/aromatic N) is 1. The molecule has 0 spiro atoms. The highest BCUT2D eigenvalue weighted by Gasteiger charge is 2.18. The maximum atomic E-state index is 14.1. The first kappa shape index (κ1) is 14.0. The summed E-state index contributed by atoms with van der Waals surface area (Å²) < 4.78 is 14.1. The summed E-state index contributed by atoms with van der Waals surface area (Å²) in [4.78, 5) is 15.4. The zero-order valence-corrected chi connectivity index (χ0v) is 12.1. The molecule has 3 aromatic rings. The molecule has 0 aliphatic rings. The minimum absolute atomic E-state index is 0.0259. The van der Waals surface area contributed by atoms with Gasteiger partial charge in [-0.3, -0.25) is 4.79 Å². The molecule has 0 saturated carbocycles. The van der Waals surface area contributed by atoms with Crippen molar-refractivity contribution in [2.75, 3.05) is 0 Å². The van der Waals surface area contributed by atoms with Gasteiger partial charge < -0.3 is 0 Å². The van der Waals surface area contributed by atoms with Crippen LogP contribution in [0.4, 0.5) is 4.39 Å². The lowest BCUT2D eigenvalue weighted by Gasteiger charge is -2.11. The molecule has 0 unspecified atom stereocenters. The van der Waals surface area contributed by atoms with Crippen molar-refractivity contribution in [1.29, 1.82) is 0 Å². The van der Waals surface area contributed by atoms with Gasteiger partial charge in [0, 0.05) is 5.39 Å². The first-order chi connectivity index (χ1) is 10.1. The van der Waals surface area contributed by atoms with Gasteiger partial charge in [0.25, 0.3) is 0 Å². The minimum Gasteiger partial charge on any atom is -0.298 e. The Hall–Kier alpha value is -1.97. The molecule has 0 atom stereocenters. The topological polar surface area (TPSA) is 30.0 Å². The van der Waals surface area contributed by atoms with Crippen LogP contribution in [0.1, 0.15) is 10.4 Å². The Morgan fingerprint density at radius 1 is 1.00 bits per heavy atom. The molecule has 0 fully saturated rings. The number of rotatable bonds is 2. The summed E-state index contributed by atoms with van der Waals surface area (Å²) >= 11 is 12.2. The smallest absolute Gasteiger partial charge is 0.153 e. The van der Waals surface area contributed by atoms with Crippen molar-refractivity contribution in [2.24, 2.45) is 0 Å². The second-order valence-electron chi connectivity index (χ2n) is 4.42. The maximum absolute atomic E-state index is 14.1. The SMILES string of the molecule is O=Cc1c(Cl)nc(-c2c(F)cccc2Cl)c2ccccc12. The van der Waals surface area contributed by atoms with Crippen LogP contribution in [-0.2, 0) is 0 Å². The van der Waals surface area contributed by atoms with Crippen LogP contribution >= 0.6 is 23.2 Å². The lowest BCUT2D eigenvalue weighted by Crippen LogP contribution is -1.96. The third-order valence-corrected chi connectivity index (χ3v) is 3.83. The molecule has 0 saturated heterocycles. The predicted octanol–water partition coefficient (Wildman–Crippen LogP) is 5.16. The highest BCUT2D eigenvalue weighted by Crippen LogP contribution is 2.36. The lowest BCUT2D eigenvalue weighted by molar-refractivity contribution is 0.112. The average molecular weight is 320 g/mol. The molecule has 0 amide bonds. The summed E-state index contributed by atoms with van der Waals surface area (Å²) in [6.45, 7) is 0. The van der Waals surface area contributed by atoms with E-state index in [0.29, 0.717) is 22.8 Å². The second-order valence-corrected chi connectivity index (χ2v) is 5.19. The van der Waals surface area contributed by atoms with E-state index in [0.717, 1.165) is 0 Å². The fourth-order valence-corrected chi connectivity index (χ4v) is 2.76. The van der Waals surface area contributed by atoms with Crippen molar-refractivity contribution < 1.29 is 9.18 Å². The quantitative estimate of drug-likeness (QED) is 0.482. The van der Waals surface area contributed by atoms with Gasteiger partial charge in [-0.05, 0) is 17.5 Å². The number of fused-ring (bicyclic) bond motifs is 1. The number of hydrogen-bond donors (Lipinski definition) is 0. The van der Waals surface area contributed by atoms with E-state index in [-0.39, 0.29) is 21.3 Å². The van der Waals surface area contributed by atoms with Gasteiger partial charge in [0.15, 0.2) is 6.29 Å². The lowest BCUT2D eigenvalue weighted by atomic mass is 10.0. The summed E-state index contributed by atoms with van der Waals surface area (Å²) in [5.74, 6) is -0.491. The molecular formula is C16H8Cl2FNO. The average Bonchev–Trinajstić information content (AvgIpc) is 2.47. The number of halogens is 3. The van der Waals surface area contributed by atoms with E-state index >= 15 is 0 Å². The fraction of sp³-hybridized carbons (Fsp3) is 0. The number of hydrogen-bond acceptors (Lipinski definition) is 2. The molecule has 0 aliphatic heterocycles. The zero-order chi connectivity index (χ0) is 15.0. The normalized spacial score (nSPS) is 10.8. The van der Waals surface area contributed by atoms with Crippen LogP contribution in [0.25, 0.3) is 22.0 Å². The number of benzene rings is 2. The van der Waals surface area contributed by atoms with Crippen LogP contribution in [0.2, 0.25) is 10.2 Å². The highest BCUT2D eigenvalue weighted by molar-refractivity contribution is 6.35. The van der Waals surface area contributed by atoms with Gasteiger partial charge in [-0.25, -0.2) is 9.37 Å². The molecule has 1 aromatic heterocycles. The summed E-state index contributed by atoms with van der Waals surface area (Å²) in [6.07, 6.45) is 0.643. The van der Waals surface area contributed by atoms with E-state index in [2.05, 4.69) is 4.98 Å². The molecule has 2 aromatic carbocycles. The van der Waals surface area contributed by atoms with Crippen molar-refractivity contribution in [1.82, 2.24) is 4.98 Å². The second kappa shape index (κ2) is 5.43. The molecule has 104 valence electrons. The molecule has 5 heteroatoms. The van der Waals surface area contributed by atoms with E-state index in [1.165, 1.54) is 12.1 Å². The van der Waals surface area contributed by atoms with E-state index in [4.69, 9.17) is 23.2 Å². The highest BCUT2D eigenvalue weighted by atomic mass is 35.5.